The summed E-state index contributed by atoms with van der Waals surface area (Å²) in [5, 5.41) is 17.6. The van der Waals surface area contributed by atoms with Crippen molar-refractivity contribution < 1.29 is 5.11 Å². The Labute approximate surface area is 91.2 Å². The Hall–Kier alpha value is -1.33. The van der Waals surface area contributed by atoms with Crippen LogP contribution in [0.5, 0.6) is 0 Å². The van der Waals surface area contributed by atoms with Crippen molar-refractivity contribution in [2.75, 3.05) is 6.61 Å². The lowest BCUT2D eigenvalue weighted by Crippen LogP contribution is -2.06. The molecular formula is C13H17NO. The zero-order valence-corrected chi connectivity index (χ0v) is 9.27. The molecule has 1 rings (SSSR count). The molecule has 0 amide bonds. The molecule has 0 spiro atoms. The van der Waals surface area contributed by atoms with Crippen molar-refractivity contribution in [2.45, 2.75) is 26.2 Å². The third-order valence-corrected chi connectivity index (χ3v) is 2.53. The quantitative estimate of drug-likeness (QED) is 0.817. The summed E-state index contributed by atoms with van der Waals surface area (Å²) in [6.07, 6.45) is 0.630. The highest BCUT2D eigenvalue weighted by atomic mass is 16.3. The average molecular weight is 203 g/mol. The molecule has 80 valence electrons. The fourth-order valence-electron chi connectivity index (χ4n) is 1.47. The van der Waals surface area contributed by atoms with E-state index in [1.165, 1.54) is 5.56 Å². The van der Waals surface area contributed by atoms with E-state index in [1.54, 1.807) is 0 Å². The van der Waals surface area contributed by atoms with Crippen molar-refractivity contribution in [1.82, 2.24) is 0 Å². The minimum atomic E-state index is -0.283. The van der Waals surface area contributed by atoms with Crippen LogP contribution in [-0.2, 0) is 6.42 Å². The molecule has 0 aromatic heterocycles. The van der Waals surface area contributed by atoms with Crippen LogP contribution < -0.4 is 0 Å². The summed E-state index contributed by atoms with van der Waals surface area (Å²) < 4.78 is 0. The molecule has 1 atom stereocenters. The Kier molecular flexibility index (Phi) is 4.33. The monoisotopic (exact) mass is 203 g/mol. The summed E-state index contributed by atoms with van der Waals surface area (Å²) in [4.78, 5) is 0. The molecular weight excluding hydrogens is 186 g/mol. The summed E-state index contributed by atoms with van der Waals surface area (Å²) in [6.45, 7) is 4.24. The van der Waals surface area contributed by atoms with Gasteiger partial charge in [0.1, 0.15) is 0 Å². The second kappa shape index (κ2) is 5.53. The van der Waals surface area contributed by atoms with E-state index in [-0.39, 0.29) is 12.5 Å². The van der Waals surface area contributed by atoms with Gasteiger partial charge in [0.05, 0.1) is 18.6 Å². The molecule has 0 aliphatic carbocycles. The van der Waals surface area contributed by atoms with Gasteiger partial charge in [0.2, 0.25) is 0 Å². The van der Waals surface area contributed by atoms with E-state index in [2.05, 4.69) is 32.0 Å². The molecule has 0 fully saturated rings. The number of nitriles is 1. The molecule has 0 saturated heterocycles. The first-order valence-electron chi connectivity index (χ1n) is 5.26. The Bertz CT molecular complexity index is 335. The van der Waals surface area contributed by atoms with Gasteiger partial charge in [0, 0.05) is 0 Å². The van der Waals surface area contributed by atoms with Gasteiger partial charge in [-0.15, -0.1) is 0 Å². The summed E-state index contributed by atoms with van der Waals surface area (Å²) >= 11 is 0. The van der Waals surface area contributed by atoms with E-state index in [0.717, 1.165) is 5.56 Å². The highest BCUT2D eigenvalue weighted by Gasteiger charge is 2.07. The molecule has 2 nitrogen and oxygen atoms in total. The molecule has 15 heavy (non-hydrogen) atoms. The minimum Gasteiger partial charge on any atom is -0.395 e. The van der Waals surface area contributed by atoms with Gasteiger partial charge in [-0.1, -0.05) is 38.1 Å². The van der Waals surface area contributed by atoms with Crippen LogP contribution in [0, 0.1) is 17.2 Å². The third-order valence-electron chi connectivity index (χ3n) is 2.53. The van der Waals surface area contributed by atoms with E-state index < -0.39 is 0 Å². The Morgan fingerprint density at radius 2 is 1.87 bits per heavy atom. The SMILES string of the molecule is CC(C)c1ccc(C[C@@H](C#N)CO)cc1. The minimum absolute atomic E-state index is 0.0670. The predicted octanol–water partition coefficient (Wildman–Crippen LogP) is 2.48. The number of hydrogen-bond acceptors (Lipinski definition) is 2. The fourth-order valence-corrected chi connectivity index (χ4v) is 1.47. The molecule has 1 aromatic carbocycles. The molecule has 0 aliphatic heterocycles. The van der Waals surface area contributed by atoms with Gasteiger partial charge < -0.3 is 5.11 Å². The van der Waals surface area contributed by atoms with E-state index in [1.807, 2.05) is 12.1 Å². The van der Waals surface area contributed by atoms with Crippen LogP contribution in [0.2, 0.25) is 0 Å². The zero-order valence-electron chi connectivity index (χ0n) is 9.27. The first kappa shape index (κ1) is 11.7. The fraction of sp³-hybridized carbons (Fsp3) is 0.462. The number of aliphatic hydroxyl groups is 1. The van der Waals surface area contributed by atoms with Gasteiger partial charge in [-0.25, -0.2) is 0 Å². The van der Waals surface area contributed by atoms with E-state index in [9.17, 15) is 0 Å². The lowest BCUT2D eigenvalue weighted by atomic mass is 9.97. The number of hydrogen-bond donors (Lipinski definition) is 1. The van der Waals surface area contributed by atoms with Crippen molar-refractivity contribution in [3.63, 3.8) is 0 Å². The summed E-state index contributed by atoms with van der Waals surface area (Å²) in [6, 6.07) is 10.3. The second-order valence-corrected chi connectivity index (χ2v) is 4.11. The van der Waals surface area contributed by atoms with Crippen LogP contribution in [0.25, 0.3) is 0 Å². The molecule has 0 unspecified atom stereocenters. The highest BCUT2D eigenvalue weighted by molar-refractivity contribution is 5.25. The van der Waals surface area contributed by atoms with Crippen LogP contribution in [0.1, 0.15) is 30.9 Å². The van der Waals surface area contributed by atoms with Gasteiger partial charge in [0.15, 0.2) is 0 Å². The number of rotatable bonds is 4. The molecule has 0 bridgehead atoms. The molecule has 0 radical (unpaired) electrons. The lowest BCUT2D eigenvalue weighted by Gasteiger charge is -2.08. The van der Waals surface area contributed by atoms with Crippen LogP contribution in [0.4, 0.5) is 0 Å². The average Bonchev–Trinajstić information content (AvgIpc) is 2.26. The second-order valence-electron chi connectivity index (χ2n) is 4.11. The zero-order chi connectivity index (χ0) is 11.3. The standard InChI is InChI=1S/C13H17NO/c1-10(2)13-5-3-11(4-6-13)7-12(8-14)9-15/h3-6,10,12,15H,7,9H2,1-2H3/t12-/m0/s1. The van der Waals surface area contributed by atoms with Crippen molar-refractivity contribution in [1.29, 1.82) is 5.26 Å². The Morgan fingerprint density at radius 3 is 2.27 bits per heavy atom. The molecule has 0 aliphatic rings. The van der Waals surface area contributed by atoms with Gasteiger partial charge >= 0.3 is 0 Å². The highest BCUT2D eigenvalue weighted by Crippen LogP contribution is 2.16. The first-order chi connectivity index (χ1) is 7.17. The van der Waals surface area contributed by atoms with E-state index >= 15 is 0 Å². The Balaban J connectivity index is 2.69. The van der Waals surface area contributed by atoms with Crippen molar-refractivity contribution in [3.05, 3.63) is 35.4 Å². The normalized spacial score (nSPS) is 12.5. The number of benzene rings is 1. The summed E-state index contributed by atoms with van der Waals surface area (Å²) in [7, 11) is 0. The molecule has 1 aromatic rings. The summed E-state index contributed by atoms with van der Waals surface area (Å²) in [5.74, 6) is 0.249. The van der Waals surface area contributed by atoms with Crippen molar-refractivity contribution in [2.24, 2.45) is 5.92 Å². The Morgan fingerprint density at radius 1 is 1.27 bits per heavy atom. The predicted molar refractivity (Wildman–Crippen MR) is 60.4 cm³/mol. The van der Waals surface area contributed by atoms with Crippen LogP contribution in [-0.4, -0.2) is 11.7 Å². The molecule has 0 saturated carbocycles. The number of nitrogens with zero attached hydrogens (tertiary/aromatic N) is 1. The van der Waals surface area contributed by atoms with Crippen LogP contribution in [0.3, 0.4) is 0 Å². The van der Waals surface area contributed by atoms with Gasteiger partial charge in [-0.2, -0.15) is 5.26 Å². The first-order valence-corrected chi connectivity index (χ1v) is 5.26. The molecule has 0 heterocycles. The maximum absolute atomic E-state index is 8.91. The topological polar surface area (TPSA) is 44.0 Å². The largest absolute Gasteiger partial charge is 0.395 e. The smallest absolute Gasteiger partial charge is 0.0734 e. The maximum atomic E-state index is 8.91. The van der Waals surface area contributed by atoms with E-state index in [0.29, 0.717) is 12.3 Å². The molecule has 2 heteroatoms. The van der Waals surface area contributed by atoms with Gasteiger partial charge in [-0.05, 0) is 23.5 Å². The van der Waals surface area contributed by atoms with Crippen molar-refractivity contribution >= 4 is 0 Å². The lowest BCUT2D eigenvalue weighted by molar-refractivity contribution is 0.255. The van der Waals surface area contributed by atoms with Crippen molar-refractivity contribution in [3.8, 4) is 6.07 Å². The summed E-state index contributed by atoms with van der Waals surface area (Å²) in [5.41, 5.74) is 2.41. The van der Waals surface area contributed by atoms with Gasteiger partial charge in [0.25, 0.3) is 0 Å². The van der Waals surface area contributed by atoms with Crippen LogP contribution >= 0.6 is 0 Å². The van der Waals surface area contributed by atoms with Gasteiger partial charge in [-0.3, -0.25) is 0 Å². The van der Waals surface area contributed by atoms with E-state index in [4.69, 9.17) is 10.4 Å². The molecule has 1 N–H and O–H groups in total. The number of aliphatic hydroxyl groups excluding tert-OH is 1. The van der Waals surface area contributed by atoms with Crippen LogP contribution in [0.15, 0.2) is 24.3 Å². The third kappa shape index (κ3) is 3.38. The maximum Gasteiger partial charge on any atom is 0.0734 e.